The predicted molar refractivity (Wildman–Crippen MR) is 116 cm³/mol. The highest BCUT2D eigenvalue weighted by Gasteiger charge is 2.29. The lowest BCUT2D eigenvalue weighted by Crippen LogP contribution is -2.26. The number of carbonyl (C=O) groups excluding carboxylic acids is 1. The summed E-state index contributed by atoms with van der Waals surface area (Å²) in [4.78, 5) is 26.0. The summed E-state index contributed by atoms with van der Waals surface area (Å²) < 4.78 is 11.0. The smallest absolute Gasteiger partial charge is 0.344 e. The van der Waals surface area contributed by atoms with Gasteiger partial charge in [-0.25, -0.2) is 9.59 Å². The fraction of sp³-hybridized carbons (Fsp3) is 0.217. The van der Waals surface area contributed by atoms with Crippen molar-refractivity contribution >= 4 is 29.2 Å². The molecule has 0 amide bonds. The number of benzene rings is 2. The van der Waals surface area contributed by atoms with Crippen LogP contribution in [0.4, 0.5) is 0 Å². The third-order valence-electron chi connectivity index (χ3n) is 4.17. The lowest BCUT2D eigenvalue weighted by atomic mass is 9.91. The molecule has 6 heteroatoms. The second kappa shape index (κ2) is 8.05. The van der Waals surface area contributed by atoms with Crippen LogP contribution in [0.1, 0.15) is 36.9 Å². The van der Waals surface area contributed by atoms with Crippen molar-refractivity contribution in [2.75, 3.05) is 0 Å². The van der Waals surface area contributed by atoms with Crippen LogP contribution >= 0.6 is 23.2 Å². The summed E-state index contributed by atoms with van der Waals surface area (Å²) in [5, 5.41) is 0.753. The van der Waals surface area contributed by atoms with E-state index in [1.807, 2.05) is 6.07 Å². The summed E-state index contributed by atoms with van der Waals surface area (Å²) in [5.41, 5.74) is 0.554. The maximum absolute atomic E-state index is 13.1. The van der Waals surface area contributed by atoms with Gasteiger partial charge in [-0.15, -0.1) is 0 Å². The highest BCUT2D eigenvalue weighted by molar-refractivity contribution is 6.36. The van der Waals surface area contributed by atoms with E-state index < -0.39 is 17.2 Å². The van der Waals surface area contributed by atoms with Crippen LogP contribution < -0.4 is 5.63 Å². The van der Waals surface area contributed by atoms with E-state index >= 15 is 0 Å². The van der Waals surface area contributed by atoms with Gasteiger partial charge in [0.2, 0.25) is 0 Å². The zero-order valence-corrected chi connectivity index (χ0v) is 18.0. The number of esters is 1. The Morgan fingerprint density at radius 3 is 2.24 bits per heavy atom. The van der Waals surface area contributed by atoms with Crippen molar-refractivity contribution in [3.8, 4) is 22.3 Å². The highest BCUT2D eigenvalue weighted by atomic mass is 35.5. The molecule has 150 valence electrons. The Hall–Kier alpha value is -2.56. The first-order chi connectivity index (χ1) is 13.6. The molecule has 0 aliphatic heterocycles. The fourth-order valence-corrected chi connectivity index (χ4v) is 3.55. The quantitative estimate of drug-likeness (QED) is 0.442. The predicted octanol–water partition coefficient (Wildman–Crippen LogP) is 6.54. The molecule has 1 heterocycles. The van der Waals surface area contributed by atoms with Crippen LogP contribution in [-0.4, -0.2) is 11.6 Å². The second-order valence-corrected chi connectivity index (χ2v) is 8.41. The van der Waals surface area contributed by atoms with E-state index in [1.165, 1.54) is 0 Å². The van der Waals surface area contributed by atoms with Gasteiger partial charge >= 0.3 is 11.6 Å². The standard InChI is InChI=1S/C23H20Cl2O4/c1-13-18(22(27)29-23(2,3)4)20(16-11-10-15(24)12-17(16)25)19(21(26)28-13)14-8-6-5-7-9-14/h5-12H,1-4H3. The van der Waals surface area contributed by atoms with Crippen molar-refractivity contribution in [1.82, 2.24) is 0 Å². The Morgan fingerprint density at radius 2 is 1.66 bits per heavy atom. The molecule has 0 N–H and O–H groups in total. The van der Waals surface area contributed by atoms with E-state index in [1.54, 1.807) is 70.2 Å². The lowest BCUT2D eigenvalue weighted by Gasteiger charge is -2.22. The number of halogens is 2. The number of ether oxygens (including phenoxy) is 1. The third-order valence-corrected chi connectivity index (χ3v) is 4.72. The zero-order chi connectivity index (χ0) is 21.3. The van der Waals surface area contributed by atoms with Crippen LogP contribution in [0.3, 0.4) is 0 Å². The molecule has 4 nitrogen and oxygen atoms in total. The molecule has 0 unspecified atom stereocenters. The molecule has 0 radical (unpaired) electrons. The molecule has 0 atom stereocenters. The molecule has 2 aromatic carbocycles. The van der Waals surface area contributed by atoms with Crippen molar-refractivity contribution < 1.29 is 13.9 Å². The van der Waals surface area contributed by atoms with Crippen LogP contribution in [0.15, 0.2) is 57.7 Å². The van der Waals surface area contributed by atoms with Gasteiger partial charge in [-0.05, 0) is 45.4 Å². The molecule has 0 aliphatic rings. The summed E-state index contributed by atoms with van der Waals surface area (Å²) in [6.07, 6.45) is 0. The highest BCUT2D eigenvalue weighted by Crippen LogP contribution is 2.39. The van der Waals surface area contributed by atoms with Gasteiger partial charge in [0.25, 0.3) is 0 Å². The molecular weight excluding hydrogens is 411 g/mol. The Kier molecular flexibility index (Phi) is 5.87. The largest absolute Gasteiger partial charge is 0.456 e. The summed E-state index contributed by atoms with van der Waals surface area (Å²) in [6, 6.07) is 13.9. The van der Waals surface area contributed by atoms with Gasteiger partial charge in [0.1, 0.15) is 16.9 Å². The average Bonchev–Trinajstić information content (AvgIpc) is 2.60. The number of hydrogen-bond donors (Lipinski definition) is 0. The summed E-state index contributed by atoms with van der Waals surface area (Å²) >= 11 is 12.5. The maximum atomic E-state index is 13.1. The summed E-state index contributed by atoms with van der Waals surface area (Å²) in [7, 11) is 0. The van der Waals surface area contributed by atoms with Crippen LogP contribution in [0.2, 0.25) is 10.0 Å². The number of rotatable bonds is 3. The van der Waals surface area contributed by atoms with Gasteiger partial charge in [-0.3, -0.25) is 0 Å². The topological polar surface area (TPSA) is 56.5 Å². The minimum absolute atomic E-state index is 0.155. The summed E-state index contributed by atoms with van der Waals surface area (Å²) in [6.45, 7) is 6.87. The first-order valence-corrected chi connectivity index (χ1v) is 9.76. The third kappa shape index (κ3) is 4.55. The summed E-state index contributed by atoms with van der Waals surface area (Å²) in [5.74, 6) is -0.443. The second-order valence-electron chi connectivity index (χ2n) is 7.56. The Labute approximate surface area is 179 Å². The van der Waals surface area contributed by atoms with Crippen molar-refractivity contribution in [2.24, 2.45) is 0 Å². The number of aryl methyl sites for hydroxylation is 1. The number of carbonyl (C=O) groups is 1. The van der Waals surface area contributed by atoms with Crippen molar-refractivity contribution in [2.45, 2.75) is 33.3 Å². The van der Waals surface area contributed by atoms with Crippen molar-refractivity contribution in [1.29, 1.82) is 0 Å². The molecule has 29 heavy (non-hydrogen) atoms. The monoisotopic (exact) mass is 430 g/mol. The fourth-order valence-electron chi connectivity index (χ4n) is 3.05. The van der Waals surface area contributed by atoms with Gasteiger partial charge in [0.05, 0.1) is 5.56 Å². The van der Waals surface area contributed by atoms with Gasteiger partial charge in [0.15, 0.2) is 0 Å². The zero-order valence-electron chi connectivity index (χ0n) is 16.5. The molecule has 0 fully saturated rings. The molecule has 0 saturated carbocycles. The lowest BCUT2D eigenvalue weighted by molar-refractivity contribution is 0.00666. The van der Waals surface area contributed by atoms with Crippen LogP contribution in [-0.2, 0) is 4.74 Å². The van der Waals surface area contributed by atoms with Crippen molar-refractivity contribution in [3.63, 3.8) is 0 Å². The van der Waals surface area contributed by atoms with E-state index in [4.69, 9.17) is 32.4 Å². The average molecular weight is 431 g/mol. The maximum Gasteiger partial charge on any atom is 0.344 e. The van der Waals surface area contributed by atoms with Crippen LogP contribution in [0.5, 0.6) is 0 Å². The number of hydrogen-bond acceptors (Lipinski definition) is 4. The minimum Gasteiger partial charge on any atom is -0.456 e. The molecule has 0 bridgehead atoms. The molecule has 0 saturated heterocycles. The molecule has 1 aromatic heterocycles. The molecular formula is C23H20Cl2O4. The SMILES string of the molecule is Cc1oc(=O)c(-c2ccccc2)c(-c2ccc(Cl)cc2Cl)c1C(=O)OC(C)(C)C. The van der Waals surface area contributed by atoms with E-state index in [2.05, 4.69) is 0 Å². The Bertz CT molecular complexity index is 1130. The minimum atomic E-state index is -0.729. The van der Waals surface area contributed by atoms with E-state index in [-0.39, 0.29) is 16.9 Å². The molecule has 0 aliphatic carbocycles. The molecule has 3 rings (SSSR count). The van der Waals surface area contributed by atoms with Crippen LogP contribution in [0, 0.1) is 6.92 Å². The van der Waals surface area contributed by atoms with Gasteiger partial charge < -0.3 is 9.15 Å². The first-order valence-electron chi connectivity index (χ1n) is 9.00. The van der Waals surface area contributed by atoms with Gasteiger partial charge in [0, 0.05) is 21.2 Å². The molecule has 0 spiro atoms. The van der Waals surface area contributed by atoms with Gasteiger partial charge in [-0.2, -0.15) is 0 Å². The molecule has 3 aromatic rings. The van der Waals surface area contributed by atoms with Gasteiger partial charge in [-0.1, -0.05) is 59.6 Å². The Balaban J connectivity index is 2.43. The van der Waals surface area contributed by atoms with Crippen molar-refractivity contribution in [3.05, 3.63) is 80.3 Å². The van der Waals surface area contributed by atoms with Crippen LogP contribution in [0.25, 0.3) is 22.3 Å². The normalized spacial score (nSPS) is 11.4. The van der Waals surface area contributed by atoms with E-state index in [0.717, 1.165) is 0 Å². The Morgan fingerprint density at radius 1 is 1.00 bits per heavy atom. The van der Waals surface area contributed by atoms with E-state index in [9.17, 15) is 9.59 Å². The van der Waals surface area contributed by atoms with E-state index in [0.29, 0.717) is 26.7 Å². The first kappa shape index (κ1) is 21.2.